The largest absolute Gasteiger partial charge is 0.481 e. The molecule has 0 heterocycles. The van der Waals surface area contributed by atoms with Crippen molar-refractivity contribution in [3.8, 4) is 0 Å². The van der Waals surface area contributed by atoms with Crippen molar-refractivity contribution in [3.63, 3.8) is 0 Å². The summed E-state index contributed by atoms with van der Waals surface area (Å²) in [5, 5.41) is 37.8. The molecule has 0 aliphatic heterocycles. The van der Waals surface area contributed by atoms with Crippen LogP contribution in [-0.4, -0.2) is 234 Å². The van der Waals surface area contributed by atoms with Crippen molar-refractivity contribution < 1.29 is 77.0 Å². The maximum atomic E-state index is 14.9. The number of carboxylic acids is 1. The minimum absolute atomic E-state index is 0.00546. The number of hydrogen-bond donors (Lipinski definition) is 22. The summed E-state index contributed by atoms with van der Waals surface area (Å²) in [5.74, 6) is -16.2. The second-order valence-corrected chi connectivity index (χ2v) is 28.0. The van der Waals surface area contributed by atoms with Gasteiger partial charge in [-0.3, -0.25) is 87.0 Å². The molecule has 39 nitrogen and oxygen atoms in total. The van der Waals surface area contributed by atoms with Gasteiger partial charge in [-0.1, -0.05) is 120 Å². The Labute approximate surface area is 674 Å². The third kappa shape index (κ3) is 38.7. The lowest BCUT2D eigenvalue weighted by atomic mass is 9.96. The van der Waals surface area contributed by atoms with Gasteiger partial charge in [0.1, 0.15) is 60.7 Å². The van der Waals surface area contributed by atoms with E-state index >= 15 is 0 Å². The topological polar surface area (TPSA) is 657 Å². The number of nitrogens with one attached hydrogen (secondary N) is 11. The molecule has 0 radical (unpaired) electrons. The fourth-order valence-electron chi connectivity index (χ4n) is 11.2. The number of aldehydes is 1. The zero-order chi connectivity index (χ0) is 85.4. The molecular formula is C73H119N23O16S2. The highest BCUT2D eigenvalue weighted by Gasteiger charge is 2.40. The van der Waals surface area contributed by atoms with Crippen LogP contribution in [0.1, 0.15) is 142 Å². The van der Waals surface area contributed by atoms with Gasteiger partial charge in [0.2, 0.25) is 70.9 Å². The summed E-state index contributed by atoms with van der Waals surface area (Å²) in [6, 6.07) is 1.10. The number of nitrogens with zero attached hydrogens (tertiary/aromatic N) is 4. The molecule has 2 rings (SSSR count). The Hall–Kier alpha value is -10.7. The molecule has 0 saturated carbocycles. The number of unbranched alkanes of at least 4 members (excludes halogenated alkanes) is 4. The Morgan fingerprint density at radius 1 is 0.465 bits per heavy atom. The molecule has 0 unspecified atom stereocenters. The summed E-state index contributed by atoms with van der Waals surface area (Å²) in [4.78, 5) is 220. The number of hydrogen-bond acceptors (Lipinski definition) is 22. The van der Waals surface area contributed by atoms with Crippen molar-refractivity contribution in [1.82, 2.24) is 63.4 Å². The van der Waals surface area contributed by atoms with E-state index in [1.165, 1.54) is 6.92 Å². The number of aliphatic carboxylic acids is 1. The Morgan fingerprint density at radius 3 is 1.37 bits per heavy atom. The van der Waals surface area contributed by atoms with Crippen LogP contribution in [0.2, 0.25) is 0 Å². The van der Waals surface area contributed by atoms with Gasteiger partial charge in [0.05, 0.1) is 31.6 Å². The summed E-state index contributed by atoms with van der Waals surface area (Å²) < 4.78 is 0. The standard InChI is InChI=1S/C73H119N23O16S2/c1-6-42(3)59(94-64(106)49(27-20-32-83-72(78)79)88-56(99)38-85-55(98)37-86-63(105)51(34-45-22-13-11-14-23-45)90-61(103)44(5)87-62(104)48(75)40-113)68(110)91-52(36-58(101)102)66(108)89-50(28-21-33-84-73(80)81)65(107)95-60(43(4)7-2)69(111)93-54(41-114)67(109)92-53(35-46-24-15-12-16-25-46)70(112)96(47(39-97)26-19-31-82-71(76)77)57(100)29-17-9-8-10-18-30-74/h11-16,22-25,39,42-44,47-54,59-60,113-114H,6-10,17-21,26-38,40-41,74-75H2,1-5H3,(H,85,98)(H,86,105)(H,87,104)(H,88,99)(H,89,108)(H,90,103)(H,91,110)(H,92,109)(H,93,111)(H,94,106)(H,95,107)(H,101,102)(H4,76,77,82)(H4,78,79,83)(H4,80,81,84)/t42-,43-,44+,47-,48-,49-,50-,51-,52-,53-,54-,59-,60-/m0/s1. The molecule has 0 spiro atoms. The molecule has 0 saturated heterocycles. The number of thiol groups is 2. The van der Waals surface area contributed by atoms with Gasteiger partial charge in [0.15, 0.2) is 17.9 Å². The van der Waals surface area contributed by atoms with Crippen molar-refractivity contribution in [2.75, 3.05) is 50.8 Å². The predicted molar refractivity (Wildman–Crippen MR) is 434 cm³/mol. The molecule has 0 bridgehead atoms. The average molecular weight is 1640 g/mol. The van der Waals surface area contributed by atoms with Crippen LogP contribution in [0.15, 0.2) is 75.6 Å². The molecule has 13 atom stereocenters. The Morgan fingerprint density at radius 2 is 0.895 bits per heavy atom. The van der Waals surface area contributed by atoms with Crippen molar-refractivity contribution in [2.45, 2.75) is 210 Å². The maximum absolute atomic E-state index is 14.9. The third-order valence-electron chi connectivity index (χ3n) is 18.1. The lowest BCUT2D eigenvalue weighted by Crippen LogP contribution is -2.62. The summed E-state index contributed by atoms with van der Waals surface area (Å²) in [7, 11) is 0. The van der Waals surface area contributed by atoms with Gasteiger partial charge >= 0.3 is 5.97 Å². The summed E-state index contributed by atoms with van der Waals surface area (Å²) in [6.45, 7) is 6.83. The first-order chi connectivity index (χ1) is 54.1. The monoisotopic (exact) mass is 1640 g/mol. The fraction of sp³-hybridized carbons (Fsp3) is 0.589. The highest BCUT2D eigenvalue weighted by atomic mass is 32.1. The third-order valence-corrected chi connectivity index (χ3v) is 18.9. The number of carbonyl (C=O) groups excluding carboxylic acids is 14. The van der Waals surface area contributed by atoms with Crippen LogP contribution in [0.3, 0.4) is 0 Å². The van der Waals surface area contributed by atoms with Crippen LogP contribution in [0.4, 0.5) is 0 Å². The van der Waals surface area contributed by atoms with Crippen molar-refractivity contribution in [2.24, 2.45) is 72.7 Å². The lowest BCUT2D eigenvalue weighted by molar-refractivity contribution is -0.152. The first-order valence-corrected chi connectivity index (χ1v) is 39.1. The van der Waals surface area contributed by atoms with E-state index in [-0.39, 0.29) is 114 Å². The van der Waals surface area contributed by atoms with Crippen LogP contribution >= 0.6 is 25.3 Å². The highest BCUT2D eigenvalue weighted by Crippen LogP contribution is 2.19. The zero-order valence-corrected chi connectivity index (χ0v) is 67.2. The Balaban J connectivity index is 2.49. The normalized spacial score (nSPS) is 14.3. The van der Waals surface area contributed by atoms with E-state index in [2.05, 4.69) is 98.7 Å². The quantitative estimate of drug-likeness (QED) is 0.00972. The van der Waals surface area contributed by atoms with Gasteiger partial charge < -0.3 is 114 Å². The van der Waals surface area contributed by atoms with Gasteiger partial charge in [0, 0.05) is 50.4 Å². The van der Waals surface area contributed by atoms with Gasteiger partial charge in [0.25, 0.3) is 5.91 Å². The van der Waals surface area contributed by atoms with E-state index in [1.807, 2.05) is 0 Å². The van der Waals surface area contributed by atoms with Crippen LogP contribution in [-0.2, 0) is 84.8 Å². The number of carbonyl (C=O) groups is 15. The number of rotatable bonds is 56. The van der Waals surface area contributed by atoms with Gasteiger partial charge in [-0.15, -0.1) is 0 Å². The molecule has 2 aromatic rings. The number of amides is 13. The van der Waals surface area contributed by atoms with E-state index in [4.69, 9.17) is 45.9 Å². The molecule has 41 heteroatoms. The van der Waals surface area contributed by atoms with Crippen molar-refractivity contribution >= 4 is 132 Å². The maximum Gasteiger partial charge on any atom is 0.305 e. The molecule has 0 aliphatic carbocycles. The number of benzene rings is 2. The van der Waals surface area contributed by atoms with Gasteiger partial charge in [-0.05, 0) is 87.8 Å². The van der Waals surface area contributed by atoms with Gasteiger partial charge in [-0.2, -0.15) is 25.3 Å². The number of nitrogens with two attached hydrogens (primary N) is 8. The summed E-state index contributed by atoms with van der Waals surface area (Å²) >= 11 is 8.38. The molecule has 634 valence electrons. The van der Waals surface area contributed by atoms with Crippen molar-refractivity contribution in [3.05, 3.63) is 71.8 Å². The summed E-state index contributed by atoms with van der Waals surface area (Å²) in [6.07, 6.45) is 2.51. The molecule has 0 aromatic heterocycles. The van der Waals surface area contributed by atoms with E-state index in [9.17, 15) is 77.0 Å². The van der Waals surface area contributed by atoms with Crippen LogP contribution in [0.5, 0.6) is 0 Å². The molecule has 28 N–H and O–H groups in total. The van der Waals surface area contributed by atoms with Crippen LogP contribution in [0, 0.1) is 11.8 Å². The molecular weight excluding hydrogens is 1520 g/mol. The lowest BCUT2D eigenvalue weighted by Gasteiger charge is -2.32. The number of guanidine groups is 3. The SMILES string of the molecule is CC[C@H](C)[C@H](NC(=O)[C@H](CCCN=C(N)N)NC(=O)CNC(=O)CNC(=O)[C@H](Cc1ccccc1)NC(=O)[C@@H](C)NC(=O)[C@@H](N)CS)C(=O)N[C@@H](CC(=O)O)C(=O)N[C@@H](CCCN=C(N)N)C(=O)N[C@H](C(=O)N[C@@H](CS)C(=O)N[C@@H](Cc1ccccc1)C(=O)N(C(=O)CCCCCCCN)[C@H](C=O)CCCN=C(N)N)[C@@H](C)CC. The predicted octanol–water partition coefficient (Wildman–Crippen LogP) is -4.78. The average Bonchev–Trinajstić information content (AvgIpc) is 0.802. The number of carboxylic acid groups (broad SMARTS) is 1. The van der Waals surface area contributed by atoms with Crippen LogP contribution in [0.25, 0.3) is 0 Å². The second kappa shape index (κ2) is 54.9. The Bertz CT molecular complexity index is 3560. The minimum atomic E-state index is -1.97. The summed E-state index contributed by atoms with van der Waals surface area (Å²) in [5.41, 5.74) is 45.8. The molecule has 0 fully saturated rings. The highest BCUT2D eigenvalue weighted by molar-refractivity contribution is 7.80. The van der Waals surface area contributed by atoms with E-state index < -0.39 is 186 Å². The zero-order valence-electron chi connectivity index (χ0n) is 65.4. The number of aliphatic imine (C=N–C) groups is 3. The minimum Gasteiger partial charge on any atom is -0.481 e. The van der Waals surface area contributed by atoms with E-state index in [1.54, 1.807) is 88.4 Å². The smallest absolute Gasteiger partial charge is 0.305 e. The van der Waals surface area contributed by atoms with Crippen molar-refractivity contribution in [1.29, 1.82) is 0 Å². The first kappa shape index (κ1) is 99.4. The Kier molecular flexibility index (Phi) is 47.9. The van der Waals surface area contributed by atoms with E-state index in [0.717, 1.165) is 24.2 Å². The second-order valence-electron chi connectivity index (χ2n) is 27.3. The fourth-order valence-corrected chi connectivity index (χ4v) is 11.7. The van der Waals surface area contributed by atoms with Crippen LogP contribution < -0.4 is 104 Å². The van der Waals surface area contributed by atoms with Gasteiger partial charge in [-0.25, -0.2) is 0 Å². The molecule has 0 aliphatic rings. The van der Waals surface area contributed by atoms with E-state index in [0.29, 0.717) is 36.8 Å². The molecule has 114 heavy (non-hydrogen) atoms. The first-order valence-electron chi connectivity index (χ1n) is 37.9. The molecule has 2 aromatic carbocycles. The number of imide groups is 1. The molecule has 13 amide bonds.